The molecule has 21 heavy (non-hydrogen) atoms. The first-order valence-electron chi connectivity index (χ1n) is 7.47. The molecule has 0 aliphatic heterocycles. The van der Waals surface area contributed by atoms with Crippen LogP contribution in [0.1, 0.15) is 45.3 Å². The molecule has 2 N–H and O–H groups in total. The molecule has 5 nitrogen and oxygen atoms in total. The number of hydrogen-bond donors (Lipinski definition) is 2. The lowest BCUT2D eigenvalue weighted by Gasteiger charge is -2.06. The fourth-order valence-electron chi connectivity index (χ4n) is 2.28. The molecule has 0 radical (unpaired) electrons. The highest BCUT2D eigenvalue weighted by Gasteiger charge is 2.18. The van der Waals surface area contributed by atoms with Crippen molar-refractivity contribution in [3.63, 3.8) is 0 Å². The van der Waals surface area contributed by atoms with Gasteiger partial charge in [0.05, 0.1) is 6.54 Å². The summed E-state index contributed by atoms with van der Waals surface area (Å²) in [6, 6.07) is 3.53. The van der Waals surface area contributed by atoms with Crippen LogP contribution in [0, 0.1) is 0 Å². The van der Waals surface area contributed by atoms with Gasteiger partial charge in [-0.2, -0.15) is 0 Å². The maximum absolute atomic E-state index is 12.1. The first kappa shape index (κ1) is 16.3. The number of allylic oxidation sites excluding steroid dienone is 1. The van der Waals surface area contributed by atoms with Crippen molar-refractivity contribution in [2.75, 3.05) is 6.54 Å². The quantitative estimate of drug-likeness (QED) is 0.724. The van der Waals surface area contributed by atoms with Crippen LogP contribution in [0.3, 0.4) is 0 Å². The minimum atomic E-state index is -3.54. The van der Waals surface area contributed by atoms with E-state index in [1.807, 2.05) is 13.8 Å². The summed E-state index contributed by atoms with van der Waals surface area (Å²) in [6.07, 6.45) is 6.38. The molecule has 0 amide bonds. The molecule has 0 aromatic carbocycles. The van der Waals surface area contributed by atoms with Crippen LogP contribution in [0.4, 0.5) is 0 Å². The van der Waals surface area contributed by atoms with E-state index in [1.54, 1.807) is 6.07 Å². The second kappa shape index (κ2) is 7.24. The van der Waals surface area contributed by atoms with E-state index in [1.165, 1.54) is 18.1 Å². The zero-order valence-electron chi connectivity index (χ0n) is 12.7. The lowest BCUT2D eigenvalue weighted by Crippen LogP contribution is -2.24. The van der Waals surface area contributed by atoms with E-state index in [0.29, 0.717) is 24.9 Å². The summed E-state index contributed by atoms with van der Waals surface area (Å²) in [6.45, 7) is 5.01. The molecule has 0 saturated heterocycles. The van der Waals surface area contributed by atoms with Crippen LogP contribution in [0.15, 0.2) is 33.3 Å². The first-order valence-corrected chi connectivity index (χ1v) is 8.95. The molecule has 0 fully saturated rings. The third-order valence-electron chi connectivity index (χ3n) is 3.46. The molecule has 0 atom stereocenters. The molecule has 0 saturated carbocycles. The summed E-state index contributed by atoms with van der Waals surface area (Å²) in [4.78, 5) is 0. The molecule has 1 aromatic heterocycles. The number of furan rings is 1. The molecule has 1 aromatic rings. The molecule has 0 spiro atoms. The maximum atomic E-state index is 12.1. The average molecular weight is 312 g/mol. The third kappa shape index (κ3) is 4.98. The Hall–Kier alpha value is -1.11. The standard InChI is InChI=1S/C15H24N2O3S/c1-12(2)16-11-14-7-8-15(20-14)21(18,19)17-10-9-13-5-3-4-6-13/h5,7-8,12,16-17H,3-4,6,9-11H2,1-2H3. The third-order valence-corrected chi connectivity index (χ3v) is 4.79. The van der Waals surface area contributed by atoms with Crippen molar-refractivity contribution in [3.8, 4) is 0 Å². The van der Waals surface area contributed by atoms with E-state index in [-0.39, 0.29) is 5.09 Å². The summed E-state index contributed by atoms with van der Waals surface area (Å²) in [5, 5.41) is 3.18. The Labute approximate surface area is 126 Å². The van der Waals surface area contributed by atoms with Gasteiger partial charge in [-0.15, -0.1) is 0 Å². The van der Waals surface area contributed by atoms with Crippen molar-refractivity contribution >= 4 is 10.0 Å². The van der Waals surface area contributed by atoms with Crippen LogP contribution in [-0.2, 0) is 16.6 Å². The SMILES string of the molecule is CC(C)NCc1ccc(S(=O)(=O)NCCC2=CCCC2)o1. The van der Waals surface area contributed by atoms with Gasteiger partial charge in [-0.3, -0.25) is 0 Å². The van der Waals surface area contributed by atoms with Crippen molar-refractivity contribution in [1.29, 1.82) is 0 Å². The van der Waals surface area contributed by atoms with Crippen LogP contribution < -0.4 is 10.0 Å². The highest BCUT2D eigenvalue weighted by atomic mass is 32.2. The molecule has 2 rings (SSSR count). The Morgan fingerprint density at radius 1 is 1.33 bits per heavy atom. The summed E-state index contributed by atoms with van der Waals surface area (Å²) in [7, 11) is -3.54. The van der Waals surface area contributed by atoms with Crippen LogP contribution in [0.5, 0.6) is 0 Å². The number of nitrogens with one attached hydrogen (secondary N) is 2. The van der Waals surface area contributed by atoms with Crippen LogP contribution in [0.25, 0.3) is 0 Å². The molecular formula is C15H24N2O3S. The van der Waals surface area contributed by atoms with Crippen LogP contribution in [-0.4, -0.2) is 21.0 Å². The molecule has 1 heterocycles. The molecule has 6 heteroatoms. The van der Waals surface area contributed by atoms with Gasteiger partial charge in [-0.1, -0.05) is 25.5 Å². The smallest absolute Gasteiger partial charge is 0.273 e. The fourth-order valence-corrected chi connectivity index (χ4v) is 3.26. The molecule has 0 bridgehead atoms. The number of rotatable bonds is 8. The highest BCUT2D eigenvalue weighted by Crippen LogP contribution is 2.20. The Bertz CT molecular complexity index is 588. The lowest BCUT2D eigenvalue weighted by atomic mass is 10.2. The van der Waals surface area contributed by atoms with Crippen molar-refractivity contribution in [2.45, 2.75) is 57.2 Å². The van der Waals surface area contributed by atoms with E-state index >= 15 is 0 Å². The summed E-state index contributed by atoms with van der Waals surface area (Å²) >= 11 is 0. The molecule has 1 aliphatic carbocycles. The van der Waals surface area contributed by atoms with E-state index < -0.39 is 10.0 Å². The van der Waals surface area contributed by atoms with Gasteiger partial charge in [0.25, 0.3) is 10.0 Å². The van der Waals surface area contributed by atoms with Gasteiger partial charge in [0.15, 0.2) is 0 Å². The van der Waals surface area contributed by atoms with Gasteiger partial charge in [0, 0.05) is 12.6 Å². The Morgan fingerprint density at radius 3 is 2.81 bits per heavy atom. The molecular weight excluding hydrogens is 288 g/mol. The van der Waals surface area contributed by atoms with E-state index in [0.717, 1.165) is 19.3 Å². The second-order valence-corrected chi connectivity index (χ2v) is 7.36. The summed E-state index contributed by atoms with van der Waals surface area (Å²) in [5.41, 5.74) is 1.35. The van der Waals surface area contributed by atoms with Crippen LogP contribution >= 0.6 is 0 Å². The number of hydrogen-bond acceptors (Lipinski definition) is 4. The zero-order chi connectivity index (χ0) is 15.3. The largest absolute Gasteiger partial charge is 0.447 e. The van der Waals surface area contributed by atoms with Crippen molar-refractivity contribution in [1.82, 2.24) is 10.0 Å². The molecule has 118 valence electrons. The predicted molar refractivity (Wildman–Crippen MR) is 82.4 cm³/mol. The van der Waals surface area contributed by atoms with Crippen molar-refractivity contribution in [3.05, 3.63) is 29.5 Å². The van der Waals surface area contributed by atoms with Gasteiger partial charge in [-0.05, 0) is 37.8 Å². The van der Waals surface area contributed by atoms with Gasteiger partial charge in [0.1, 0.15) is 5.76 Å². The lowest BCUT2D eigenvalue weighted by molar-refractivity contribution is 0.393. The minimum absolute atomic E-state index is 0.0107. The monoisotopic (exact) mass is 312 g/mol. The normalized spacial score (nSPS) is 15.7. The van der Waals surface area contributed by atoms with Gasteiger partial charge >= 0.3 is 0 Å². The van der Waals surface area contributed by atoms with Gasteiger partial charge in [-0.25, -0.2) is 13.1 Å². The van der Waals surface area contributed by atoms with Gasteiger partial charge < -0.3 is 9.73 Å². The minimum Gasteiger partial charge on any atom is -0.447 e. The predicted octanol–water partition coefficient (Wildman–Crippen LogP) is 2.56. The Morgan fingerprint density at radius 2 is 2.14 bits per heavy atom. The van der Waals surface area contributed by atoms with E-state index in [4.69, 9.17) is 4.42 Å². The second-order valence-electron chi connectivity index (χ2n) is 5.66. The summed E-state index contributed by atoms with van der Waals surface area (Å²) < 4.78 is 32.2. The average Bonchev–Trinajstić information content (AvgIpc) is 3.07. The molecule has 0 unspecified atom stereocenters. The first-order chi connectivity index (χ1) is 9.97. The van der Waals surface area contributed by atoms with Crippen LogP contribution in [0.2, 0.25) is 0 Å². The Balaban J connectivity index is 1.86. The highest BCUT2D eigenvalue weighted by molar-refractivity contribution is 7.89. The fraction of sp³-hybridized carbons (Fsp3) is 0.600. The Kier molecular flexibility index (Phi) is 5.61. The van der Waals surface area contributed by atoms with E-state index in [2.05, 4.69) is 16.1 Å². The van der Waals surface area contributed by atoms with Crippen molar-refractivity contribution < 1.29 is 12.8 Å². The van der Waals surface area contributed by atoms with Crippen molar-refractivity contribution in [2.24, 2.45) is 0 Å². The zero-order valence-corrected chi connectivity index (χ0v) is 13.5. The topological polar surface area (TPSA) is 71.3 Å². The summed E-state index contributed by atoms with van der Waals surface area (Å²) in [5.74, 6) is 0.627. The van der Waals surface area contributed by atoms with E-state index in [9.17, 15) is 8.42 Å². The molecule has 1 aliphatic rings. The maximum Gasteiger partial charge on any atom is 0.273 e. The number of sulfonamides is 1. The van der Waals surface area contributed by atoms with Gasteiger partial charge in [0.2, 0.25) is 5.09 Å².